The van der Waals surface area contributed by atoms with E-state index >= 15 is 0 Å². The van der Waals surface area contributed by atoms with Crippen LogP contribution in [0.3, 0.4) is 0 Å². The second-order valence-electron chi connectivity index (χ2n) is 4.65. The Balaban J connectivity index is 1.82. The van der Waals surface area contributed by atoms with Gasteiger partial charge in [-0.25, -0.2) is 0 Å². The van der Waals surface area contributed by atoms with Crippen LogP contribution in [0, 0.1) is 11.8 Å². The van der Waals surface area contributed by atoms with Gasteiger partial charge in [-0.15, -0.1) is 0 Å². The molecule has 0 radical (unpaired) electrons. The normalized spacial score (nSPS) is 26.3. The Morgan fingerprint density at radius 1 is 0.944 bits per heavy atom. The zero-order chi connectivity index (χ0) is 12.5. The quantitative estimate of drug-likeness (QED) is 0.637. The summed E-state index contributed by atoms with van der Waals surface area (Å²) in [6.07, 6.45) is 5.31. The maximum absolute atomic E-state index is 12.2. The highest BCUT2D eigenvalue weighted by molar-refractivity contribution is 6.06. The average molecular weight is 242 g/mol. The molecule has 2 atom stereocenters. The molecule has 1 aromatic rings. The number of benzene rings is 1. The first-order chi connectivity index (χ1) is 8.77. The van der Waals surface area contributed by atoms with Crippen LogP contribution in [-0.4, -0.2) is 16.8 Å². The Kier molecular flexibility index (Phi) is 2.63. The van der Waals surface area contributed by atoms with Gasteiger partial charge in [0.2, 0.25) is 0 Å². The van der Waals surface area contributed by atoms with E-state index < -0.39 is 0 Å². The highest BCUT2D eigenvalue weighted by atomic mass is 16.2. The Morgan fingerprint density at radius 2 is 1.50 bits per heavy atom. The molecule has 0 bridgehead atoms. The van der Waals surface area contributed by atoms with Gasteiger partial charge in [-0.05, 0) is 25.0 Å². The first-order valence-electron chi connectivity index (χ1n) is 6.12. The van der Waals surface area contributed by atoms with Crippen molar-refractivity contribution < 1.29 is 9.59 Å². The van der Waals surface area contributed by atoms with Gasteiger partial charge in [0.05, 0.1) is 17.5 Å². The van der Waals surface area contributed by atoms with Crippen LogP contribution in [0.1, 0.15) is 12.8 Å². The summed E-state index contributed by atoms with van der Waals surface area (Å²) in [6.45, 7) is 0. The minimum absolute atomic E-state index is 0.113. The van der Waals surface area contributed by atoms with Crippen molar-refractivity contribution in [1.29, 1.82) is 0 Å². The summed E-state index contributed by atoms with van der Waals surface area (Å²) in [5.74, 6) is -0.589. The van der Waals surface area contributed by atoms with Crippen LogP contribution in [0.2, 0.25) is 0 Å². The highest BCUT2D eigenvalue weighted by Gasteiger charge is 2.47. The number of nitrogens with zero attached hydrogens (tertiary/aromatic N) is 1. The lowest BCUT2D eigenvalue weighted by Gasteiger charge is -2.16. The van der Waals surface area contributed by atoms with Crippen molar-refractivity contribution in [2.24, 2.45) is 11.8 Å². The summed E-state index contributed by atoms with van der Waals surface area (Å²) in [4.78, 5) is 24.3. The van der Waals surface area contributed by atoms with E-state index in [-0.39, 0.29) is 23.7 Å². The number of hydrazine groups is 1. The Bertz CT molecular complexity index is 484. The second-order valence-corrected chi connectivity index (χ2v) is 4.65. The van der Waals surface area contributed by atoms with E-state index in [1.165, 1.54) is 5.01 Å². The maximum atomic E-state index is 12.2. The highest BCUT2D eigenvalue weighted by Crippen LogP contribution is 2.34. The third-order valence-electron chi connectivity index (χ3n) is 3.52. The third-order valence-corrected chi connectivity index (χ3v) is 3.52. The number of amides is 2. The Morgan fingerprint density at radius 3 is 2.06 bits per heavy atom. The molecular formula is C14H14N2O2. The Labute approximate surface area is 105 Å². The number of para-hydroxylation sites is 1. The van der Waals surface area contributed by atoms with E-state index in [0.29, 0.717) is 12.8 Å². The van der Waals surface area contributed by atoms with E-state index in [2.05, 4.69) is 5.43 Å². The molecule has 18 heavy (non-hydrogen) atoms. The topological polar surface area (TPSA) is 49.4 Å². The molecule has 1 saturated heterocycles. The van der Waals surface area contributed by atoms with Gasteiger partial charge in [0, 0.05) is 0 Å². The van der Waals surface area contributed by atoms with Gasteiger partial charge in [0.1, 0.15) is 0 Å². The number of imide groups is 1. The van der Waals surface area contributed by atoms with Crippen molar-refractivity contribution in [1.82, 2.24) is 5.01 Å². The minimum atomic E-state index is -0.182. The molecular weight excluding hydrogens is 228 g/mol. The number of carbonyl (C=O) groups excluding carboxylic acids is 2. The number of anilines is 1. The number of hydrogen-bond acceptors (Lipinski definition) is 3. The fourth-order valence-electron chi connectivity index (χ4n) is 2.55. The van der Waals surface area contributed by atoms with Crippen LogP contribution in [0.4, 0.5) is 5.69 Å². The molecule has 4 heteroatoms. The molecule has 3 rings (SSSR count). The summed E-state index contributed by atoms with van der Waals surface area (Å²) in [7, 11) is 0. The molecule has 1 aliphatic carbocycles. The lowest BCUT2D eigenvalue weighted by Crippen LogP contribution is -2.36. The van der Waals surface area contributed by atoms with Crippen molar-refractivity contribution in [3.63, 3.8) is 0 Å². The fourth-order valence-corrected chi connectivity index (χ4v) is 2.55. The first kappa shape index (κ1) is 11.0. The van der Waals surface area contributed by atoms with Crippen LogP contribution in [0.5, 0.6) is 0 Å². The first-order valence-corrected chi connectivity index (χ1v) is 6.12. The number of fused-ring (bicyclic) bond motifs is 1. The fraction of sp³-hybridized carbons (Fsp3) is 0.286. The van der Waals surface area contributed by atoms with Gasteiger partial charge in [-0.2, -0.15) is 5.01 Å². The summed E-state index contributed by atoms with van der Waals surface area (Å²) < 4.78 is 0. The van der Waals surface area contributed by atoms with Crippen LogP contribution < -0.4 is 5.43 Å². The van der Waals surface area contributed by atoms with Gasteiger partial charge in [-0.3, -0.25) is 15.0 Å². The predicted octanol–water partition coefficient (Wildman–Crippen LogP) is 1.96. The number of rotatable bonds is 2. The smallest absolute Gasteiger partial charge is 0.252 e. The van der Waals surface area contributed by atoms with E-state index in [0.717, 1.165) is 5.69 Å². The van der Waals surface area contributed by atoms with Crippen molar-refractivity contribution in [3.05, 3.63) is 42.5 Å². The van der Waals surface area contributed by atoms with E-state index in [1.807, 2.05) is 42.5 Å². The monoisotopic (exact) mass is 242 g/mol. The molecule has 0 aromatic heterocycles. The van der Waals surface area contributed by atoms with Crippen LogP contribution in [0.15, 0.2) is 42.5 Å². The molecule has 0 spiro atoms. The second kappa shape index (κ2) is 4.29. The molecule has 1 heterocycles. The van der Waals surface area contributed by atoms with E-state index in [1.54, 1.807) is 0 Å². The molecule has 92 valence electrons. The zero-order valence-electron chi connectivity index (χ0n) is 9.87. The maximum Gasteiger partial charge on any atom is 0.252 e. The molecule has 1 fully saturated rings. The molecule has 0 saturated carbocycles. The van der Waals surface area contributed by atoms with Crippen molar-refractivity contribution in [3.8, 4) is 0 Å². The molecule has 0 unspecified atom stereocenters. The SMILES string of the molecule is O=C1[C@@H]2CC=CC[C@H]2C(=O)N1Nc1ccccc1. The molecule has 1 aliphatic heterocycles. The molecule has 4 nitrogen and oxygen atoms in total. The molecule has 1 N–H and O–H groups in total. The lowest BCUT2D eigenvalue weighted by molar-refractivity contribution is -0.138. The molecule has 2 aliphatic rings. The lowest BCUT2D eigenvalue weighted by atomic mass is 9.85. The van der Waals surface area contributed by atoms with Crippen LogP contribution in [-0.2, 0) is 9.59 Å². The summed E-state index contributed by atoms with van der Waals surface area (Å²) in [5, 5.41) is 1.18. The third kappa shape index (κ3) is 1.70. The predicted molar refractivity (Wildman–Crippen MR) is 67.3 cm³/mol. The van der Waals surface area contributed by atoms with Gasteiger partial charge >= 0.3 is 0 Å². The van der Waals surface area contributed by atoms with Gasteiger partial charge < -0.3 is 0 Å². The van der Waals surface area contributed by atoms with E-state index in [9.17, 15) is 9.59 Å². The van der Waals surface area contributed by atoms with Crippen LogP contribution >= 0.6 is 0 Å². The average Bonchev–Trinajstić information content (AvgIpc) is 2.66. The summed E-state index contributed by atoms with van der Waals surface area (Å²) in [5.41, 5.74) is 3.66. The number of carbonyl (C=O) groups is 2. The minimum Gasteiger partial charge on any atom is -0.289 e. The van der Waals surface area contributed by atoms with Crippen molar-refractivity contribution in [2.45, 2.75) is 12.8 Å². The standard InChI is InChI=1S/C14H14N2O2/c17-13-11-8-4-5-9-12(11)14(18)16(13)15-10-6-2-1-3-7-10/h1-7,11-12,15H,8-9H2/t11-,12-/m1/s1. The van der Waals surface area contributed by atoms with Crippen LogP contribution in [0.25, 0.3) is 0 Å². The van der Waals surface area contributed by atoms with E-state index in [4.69, 9.17) is 0 Å². The van der Waals surface area contributed by atoms with Crippen molar-refractivity contribution >= 4 is 17.5 Å². The number of allylic oxidation sites excluding steroid dienone is 2. The summed E-state index contributed by atoms with van der Waals surface area (Å²) >= 11 is 0. The molecule has 2 amide bonds. The van der Waals surface area contributed by atoms with Gasteiger partial charge in [-0.1, -0.05) is 30.4 Å². The van der Waals surface area contributed by atoms with Crippen molar-refractivity contribution in [2.75, 3.05) is 5.43 Å². The number of hydrogen-bond donors (Lipinski definition) is 1. The van der Waals surface area contributed by atoms with Gasteiger partial charge in [0.15, 0.2) is 0 Å². The molecule has 1 aromatic carbocycles. The van der Waals surface area contributed by atoms with Gasteiger partial charge in [0.25, 0.3) is 11.8 Å². The Hall–Kier alpha value is -2.10. The number of nitrogens with one attached hydrogen (secondary N) is 1. The summed E-state index contributed by atoms with van der Waals surface area (Å²) in [6, 6.07) is 9.29. The zero-order valence-corrected chi connectivity index (χ0v) is 9.87. The largest absolute Gasteiger partial charge is 0.289 e.